The van der Waals surface area contributed by atoms with Crippen molar-refractivity contribution < 1.29 is 17.9 Å². The monoisotopic (exact) mass is 425 g/mol. The van der Waals surface area contributed by atoms with Gasteiger partial charge < -0.3 is 4.74 Å². The summed E-state index contributed by atoms with van der Waals surface area (Å²) >= 11 is 0. The van der Waals surface area contributed by atoms with Crippen molar-refractivity contribution in [3.8, 4) is 11.4 Å². The van der Waals surface area contributed by atoms with Crippen LogP contribution < -0.4 is 9.46 Å². The number of aromatic nitrogens is 2. The highest BCUT2D eigenvalue weighted by molar-refractivity contribution is 7.92. The molecule has 0 saturated carbocycles. The van der Waals surface area contributed by atoms with E-state index >= 15 is 0 Å². The zero-order valence-corrected chi connectivity index (χ0v) is 17.9. The van der Waals surface area contributed by atoms with Crippen LogP contribution in [0.15, 0.2) is 59.6 Å². The van der Waals surface area contributed by atoms with Crippen LogP contribution in [0.2, 0.25) is 0 Å². The number of carbonyl (C=O) groups excluding carboxylic acids is 1. The molecule has 0 saturated heterocycles. The van der Waals surface area contributed by atoms with Gasteiger partial charge in [0.2, 0.25) is 0 Å². The zero-order chi connectivity index (χ0) is 21.5. The first-order chi connectivity index (χ1) is 14.2. The number of methoxy groups -OCH3 is 1. The van der Waals surface area contributed by atoms with Gasteiger partial charge in [-0.3, -0.25) is 9.52 Å². The van der Waals surface area contributed by atoms with Crippen LogP contribution in [0.1, 0.15) is 36.3 Å². The first kappa shape index (κ1) is 20.2. The number of anilines is 1. The molecule has 30 heavy (non-hydrogen) atoms. The van der Waals surface area contributed by atoms with Crippen LogP contribution in [0, 0.1) is 5.41 Å². The number of sulfonamides is 1. The average molecular weight is 426 g/mol. The third kappa shape index (κ3) is 3.82. The van der Waals surface area contributed by atoms with Crippen molar-refractivity contribution >= 4 is 21.5 Å². The van der Waals surface area contributed by atoms with E-state index < -0.39 is 10.0 Å². The second-order valence-corrected chi connectivity index (χ2v) is 9.87. The topological polar surface area (TPSA) is 90.3 Å². The van der Waals surface area contributed by atoms with Crippen LogP contribution in [-0.2, 0) is 16.4 Å². The summed E-state index contributed by atoms with van der Waals surface area (Å²) in [6, 6.07) is 13.1. The molecule has 0 aliphatic heterocycles. The number of fused-ring (bicyclic) bond motifs is 1. The fourth-order valence-corrected chi connectivity index (χ4v) is 4.74. The normalized spacial score (nSPS) is 15.5. The van der Waals surface area contributed by atoms with Gasteiger partial charge in [0, 0.05) is 12.1 Å². The van der Waals surface area contributed by atoms with Gasteiger partial charge >= 0.3 is 0 Å². The standard InChI is InChI=1S/C22H23N3O4S/c1-22(2)12-20-19(21(26)13-22)14-23-25(20)16-6-10-18(11-7-16)30(27,28)24-15-4-8-17(29-3)9-5-15/h4-11,14,24H,12-13H2,1-3H3. The molecule has 0 radical (unpaired) electrons. The van der Waals surface area contributed by atoms with Gasteiger partial charge in [-0.25, -0.2) is 13.1 Å². The van der Waals surface area contributed by atoms with Crippen molar-refractivity contribution in [2.75, 3.05) is 11.8 Å². The van der Waals surface area contributed by atoms with E-state index in [1.807, 2.05) is 0 Å². The molecule has 8 heteroatoms. The molecule has 2 aromatic carbocycles. The summed E-state index contributed by atoms with van der Waals surface area (Å²) < 4.78 is 34.8. The van der Waals surface area contributed by atoms with E-state index in [9.17, 15) is 13.2 Å². The van der Waals surface area contributed by atoms with Gasteiger partial charge in [-0.15, -0.1) is 0 Å². The number of hydrogen-bond donors (Lipinski definition) is 1. The minimum Gasteiger partial charge on any atom is -0.497 e. The molecule has 1 aliphatic rings. The number of hydrogen-bond acceptors (Lipinski definition) is 5. The van der Waals surface area contributed by atoms with Gasteiger partial charge in [-0.1, -0.05) is 13.8 Å². The molecule has 0 spiro atoms. The highest BCUT2D eigenvalue weighted by Gasteiger charge is 2.34. The maximum absolute atomic E-state index is 12.7. The Balaban J connectivity index is 1.60. The number of ether oxygens (including phenoxy) is 1. The lowest BCUT2D eigenvalue weighted by molar-refractivity contribution is 0.0911. The number of carbonyl (C=O) groups is 1. The van der Waals surface area contributed by atoms with E-state index in [-0.39, 0.29) is 16.1 Å². The van der Waals surface area contributed by atoms with Crippen LogP contribution in [0.4, 0.5) is 5.69 Å². The second kappa shape index (κ2) is 7.28. The Hall–Kier alpha value is -3.13. The highest BCUT2D eigenvalue weighted by Crippen LogP contribution is 2.35. The highest BCUT2D eigenvalue weighted by atomic mass is 32.2. The summed E-state index contributed by atoms with van der Waals surface area (Å²) in [5, 5.41) is 4.38. The Morgan fingerprint density at radius 1 is 1.03 bits per heavy atom. The minimum atomic E-state index is -3.74. The van der Waals surface area contributed by atoms with Crippen molar-refractivity contribution in [1.29, 1.82) is 0 Å². The van der Waals surface area contributed by atoms with E-state index in [0.29, 0.717) is 29.1 Å². The zero-order valence-electron chi connectivity index (χ0n) is 17.0. The molecule has 0 amide bonds. The molecule has 0 bridgehead atoms. The maximum atomic E-state index is 12.7. The van der Waals surface area contributed by atoms with E-state index in [2.05, 4.69) is 23.7 Å². The van der Waals surface area contributed by atoms with E-state index in [1.165, 1.54) is 12.1 Å². The number of rotatable bonds is 5. The molecular formula is C22H23N3O4S. The molecule has 3 aromatic rings. The van der Waals surface area contributed by atoms with Gasteiger partial charge in [0.1, 0.15) is 5.75 Å². The van der Waals surface area contributed by atoms with Crippen LogP contribution in [-0.4, -0.2) is 31.1 Å². The molecule has 1 aromatic heterocycles. The minimum absolute atomic E-state index is 0.0930. The second-order valence-electron chi connectivity index (χ2n) is 8.19. The number of ketones is 1. The molecule has 1 N–H and O–H groups in total. The number of nitrogens with zero attached hydrogens (tertiary/aromatic N) is 2. The predicted octanol–water partition coefficient (Wildman–Crippen LogP) is 3.84. The fourth-order valence-electron chi connectivity index (χ4n) is 3.68. The van der Waals surface area contributed by atoms with Gasteiger partial charge in [0.05, 0.1) is 35.1 Å². The summed E-state index contributed by atoms with van der Waals surface area (Å²) in [6.07, 6.45) is 2.83. The Morgan fingerprint density at radius 3 is 2.33 bits per heavy atom. The molecule has 4 rings (SSSR count). The van der Waals surface area contributed by atoms with Crippen molar-refractivity contribution in [1.82, 2.24) is 9.78 Å². The molecule has 1 aliphatic carbocycles. The smallest absolute Gasteiger partial charge is 0.261 e. The van der Waals surface area contributed by atoms with Crippen molar-refractivity contribution in [3.63, 3.8) is 0 Å². The van der Waals surface area contributed by atoms with E-state index in [1.54, 1.807) is 54.4 Å². The number of benzene rings is 2. The quantitative estimate of drug-likeness (QED) is 0.671. The molecule has 0 unspecified atom stereocenters. The van der Waals surface area contributed by atoms with Gasteiger partial charge in [-0.2, -0.15) is 5.10 Å². The Kier molecular flexibility index (Phi) is 4.89. The first-order valence-corrected chi connectivity index (χ1v) is 11.0. The Bertz CT molecular complexity index is 1190. The van der Waals surface area contributed by atoms with Crippen LogP contribution in [0.5, 0.6) is 5.75 Å². The Morgan fingerprint density at radius 2 is 1.70 bits per heavy atom. The number of Topliss-reactive ketones (excluding diaryl/α,β-unsaturated/α-hetero) is 1. The van der Waals surface area contributed by atoms with Crippen LogP contribution in [0.25, 0.3) is 5.69 Å². The SMILES string of the molecule is COc1ccc(NS(=O)(=O)c2ccc(-n3ncc4c3CC(C)(C)CC4=O)cc2)cc1. The van der Waals surface area contributed by atoms with Crippen molar-refractivity contribution in [3.05, 3.63) is 66.0 Å². The molecule has 0 atom stereocenters. The third-order valence-corrected chi connectivity index (χ3v) is 6.59. The van der Waals surface area contributed by atoms with Crippen molar-refractivity contribution in [2.24, 2.45) is 5.41 Å². The van der Waals surface area contributed by atoms with E-state index in [0.717, 1.165) is 12.1 Å². The molecule has 7 nitrogen and oxygen atoms in total. The summed E-state index contributed by atoms with van der Waals surface area (Å²) in [7, 11) is -2.19. The molecule has 1 heterocycles. The molecule has 0 fully saturated rings. The summed E-state index contributed by atoms with van der Waals surface area (Å²) in [4.78, 5) is 12.5. The lowest BCUT2D eigenvalue weighted by atomic mass is 9.76. The largest absolute Gasteiger partial charge is 0.497 e. The van der Waals surface area contributed by atoms with Crippen molar-refractivity contribution in [2.45, 2.75) is 31.6 Å². The predicted molar refractivity (Wildman–Crippen MR) is 114 cm³/mol. The van der Waals surface area contributed by atoms with Gasteiger partial charge in [0.25, 0.3) is 10.0 Å². The van der Waals surface area contributed by atoms with Crippen LogP contribution in [0.3, 0.4) is 0 Å². The summed E-state index contributed by atoms with van der Waals surface area (Å²) in [5.74, 6) is 0.738. The Labute approximate surface area is 175 Å². The maximum Gasteiger partial charge on any atom is 0.261 e. The first-order valence-electron chi connectivity index (χ1n) is 9.56. The summed E-state index contributed by atoms with van der Waals surface area (Å²) in [5.41, 5.74) is 2.54. The van der Waals surface area contributed by atoms with Gasteiger partial charge in [-0.05, 0) is 60.4 Å². The fraction of sp³-hybridized carbons (Fsp3) is 0.273. The lowest BCUT2D eigenvalue weighted by Crippen LogP contribution is -2.27. The third-order valence-electron chi connectivity index (χ3n) is 5.19. The molecule has 156 valence electrons. The van der Waals surface area contributed by atoms with Crippen LogP contribution >= 0.6 is 0 Å². The average Bonchev–Trinajstić information content (AvgIpc) is 3.11. The van der Waals surface area contributed by atoms with E-state index in [4.69, 9.17) is 4.74 Å². The summed E-state index contributed by atoms with van der Waals surface area (Å²) in [6.45, 7) is 4.12. The van der Waals surface area contributed by atoms with Gasteiger partial charge in [0.15, 0.2) is 5.78 Å². The number of nitrogens with one attached hydrogen (secondary N) is 1. The molecular weight excluding hydrogens is 402 g/mol. The lowest BCUT2D eigenvalue weighted by Gasteiger charge is -2.28.